The molecule has 2 aliphatic heterocycles. The molecule has 0 radical (unpaired) electrons. The monoisotopic (exact) mass is 275 g/mol. The average Bonchev–Trinajstić information content (AvgIpc) is 2.98. The largest absolute Gasteiger partial charge is 0.495 e. The minimum Gasteiger partial charge on any atom is -0.495 e. The van der Waals surface area contributed by atoms with E-state index in [4.69, 9.17) is 4.74 Å². The lowest BCUT2D eigenvalue weighted by Gasteiger charge is -2.28. The van der Waals surface area contributed by atoms with E-state index >= 15 is 0 Å². The smallest absolute Gasteiger partial charge is 0.322 e. The van der Waals surface area contributed by atoms with Crippen LogP contribution in [0.3, 0.4) is 0 Å². The fourth-order valence-corrected chi connectivity index (χ4v) is 3.44. The predicted molar refractivity (Wildman–Crippen MR) is 78.1 cm³/mol. The molecule has 2 amide bonds. The van der Waals surface area contributed by atoms with E-state index in [9.17, 15) is 4.79 Å². The molecule has 3 unspecified atom stereocenters. The molecule has 1 aromatic rings. The molecule has 108 valence electrons. The van der Waals surface area contributed by atoms with Gasteiger partial charge in [0.05, 0.1) is 18.8 Å². The van der Waals surface area contributed by atoms with Crippen molar-refractivity contribution in [1.82, 2.24) is 10.2 Å². The molecule has 2 N–H and O–H groups in total. The van der Waals surface area contributed by atoms with Gasteiger partial charge in [-0.25, -0.2) is 4.79 Å². The number of carbonyl (C=O) groups excluding carboxylic acids is 1. The number of benzene rings is 1. The maximum absolute atomic E-state index is 12.6. The summed E-state index contributed by atoms with van der Waals surface area (Å²) in [6.07, 6.45) is 1.08. The molecule has 0 spiro atoms. The number of ether oxygens (including phenoxy) is 1. The van der Waals surface area contributed by atoms with Crippen molar-refractivity contribution in [3.63, 3.8) is 0 Å². The standard InChI is InChI=1S/C15H21N3O2/c1-10-7-11-8-16-9-13(11)18(10)15(19)17-12-5-3-4-6-14(12)20-2/h3-6,10-11,13,16H,7-9H2,1-2H3,(H,17,19). The Bertz CT molecular complexity index is 506. The molecule has 2 saturated heterocycles. The molecule has 0 bridgehead atoms. The first-order valence-corrected chi connectivity index (χ1v) is 7.13. The SMILES string of the molecule is COc1ccccc1NC(=O)N1C(C)CC2CNCC21. The fraction of sp³-hybridized carbons (Fsp3) is 0.533. The molecule has 2 fully saturated rings. The van der Waals surface area contributed by atoms with Crippen LogP contribution in [0.25, 0.3) is 0 Å². The molecule has 2 aliphatic rings. The molecular weight excluding hydrogens is 254 g/mol. The van der Waals surface area contributed by atoms with Gasteiger partial charge in [0.2, 0.25) is 0 Å². The topological polar surface area (TPSA) is 53.6 Å². The number of amides is 2. The number of nitrogens with zero attached hydrogens (tertiary/aromatic N) is 1. The highest BCUT2D eigenvalue weighted by Crippen LogP contribution is 2.33. The van der Waals surface area contributed by atoms with Crippen LogP contribution in [-0.2, 0) is 0 Å². The summed E-state index contributed by atoms with van der Waals surface area (Å²) < 4.78 is 5.28. The van der Waals surface area contributed by atoms with Crippen molar-refractivity contribution in [3.8, 4) is 5.75 Å². The summed E-state index contributed by atoms with van der Waals surface area (Å²) in [5, 5.41) is 6.35. The van der Waals surface area contributed by atoms with Crippen molar-refractivity contribution in [2.45, 2.75) is 25.4 Å². The molecule has 5 heteroatoms. The molecule has 0 aliphatic carbocycles. The zero-order valence-corrected chi connectivity index (χ0v) is 11.9. The maximum Gasteiger partial charge on any atom is 0.322 e. The third-order valence-electron chi connectivity index (χ3n) is 4.36. The second-order valence-electron chi connectivity index (χ2n) is 5.61. The normalized spacial score (nSPS) is 28.3. The van der Waals surface area contributed by atoms with Gasteiger partial charge in [0, 0.05) is 19.1 Å². The molecule has 20 heavy (non-hydrogen) atoms. The van der Waals surface area contributed by atoms with E-state index in [1.165, 1.54) is 0 Å². The lowest BCUT2D eigenvalue weighted by atomic mass is 10.0. The number of hydrogen-bond acceptors (Lipinski definition) is 3. The van der Waals surface area contributed by atoms with Crippen LogP contribution in [0, 0.1) is 5.92 Å². The third-order valence-corrected chi connectivity index (χ3v) is 4.36. The van der Waals surface area contributed by atoms with Gasteiger partial charge in [-0.2, -0.15) is 0 Å². The third kappa shape index (κ3) is 2.22. The van der Waals surface area contributed by atoms with Crippen LogP contribution < -0.4 is 15.4 Å². The van der Waals surface area contributed by atoms with Crippen molar-refractivity contribution >= 4 is 11.7 Å². The van der Waals surface area contributed by atoms with E-state index in [0.717, 1.165) is 25.2 Å². The van der Waals surface area contributed by atoms with E-state index < -0.39 is 0 Å². The summed E-state index contributed by atoms with van der Waals surface area (Å²) in [5.41, 5.74) is 0.724. The van der Waals surface area contributed by atoms with Crippen LogP contribution in [0.2, 0.25) is 0 Å². The number of methoxy groups -OCH3 is 1. The highest BCUT2D eigenvalue weighted by atomic mass is 16.5. The Morgan fingerprint density at radius 1 is 1.40 bits per heavy atom. The van der Waals surface area contributed by atoms with Crippen molar-refractivity contribution in [3.05, 3.63) is 24.3 Å². The second kappa shape index (κ2) is 5.32. The number of likely N-dealkylation sites (tertiary alicyclic amines) is 1. The van der Waals surface area contributed by atoms with Gasteiger partial charge in [0.1, 0.15) is 5.75 Å². The summed E-state index contributed by atoms with van der Waals surface area (Å²) in [5.74, 6) is 1.28. The quantitative estimate of drug-likeness (QED) is 0.867. The van der Waals surface area contributed by atoms with Crippen molar-refractivity contribution in [1.29, 1.82) is 0 Å². The van der Waals surface area contributed by atoms with Gasteiger partial charge in [-0.05, 0) is 31.4 Å². The lowest BCUT2D eigenvalue weighted by Crippen LogP contribution is -2.45. The van der Waals surface area contributed by atoms with Crippen LogP contribution in [0.5, 0.6) is 5.75 Å². The van der Waals surface area contributed by atoms with Crippen LogP contribution in [-0.4, -0.2) is 43.2 Å². The highest BCUT2D eigenvalue weighted by Gasteiger charge is 2.44. The first-order chi connectivity index (χ1) is 9.70. The van der Waals surface area contributed by atoms with Gasteiger partial charge in [-0.15, -0.1) is 0 Å². The number of urea groups is 1. The van der Waals surface area contributed by atoms with E-state index in [2.05, 4.69) is 17.6 Å². The number of hydrogen-bond donors (Lipinski definition) is 2. The number of anilines is 1. The predicted octanol–water partition coefficient (Wildman–Crippen LogP) is 1.91. The van der Waals surface area contributed by atoms with Crippen molar-refractivity contribution in [2.75, 3.05) is 25.5 Å². The molecule has 2 heterocycles. The van der Waals surface area contributed by atoms with E-state index in [1.54, 1.807) is 7.11 Å². The second-order valence-corrected chi connectivity index (χ2v) is 5.61. The Morgan fingerprint density at radius 3 is 3.00 bits per heavy atom. The van der Waals surface area contributed by atoms with Gasteiger partial charge >= 0.3 is 6.03 Å². The minimum absolute atomic E-state index is 0.0294. The van der Waals surface area contributed by atoms with Crippen LogP contribution in [0.15, 0.2) is 24.3 Å². The number of fused-ring (bicyclic) bond motifs is 1. The Labute approximate surface area is 119 Å². The zero-order valence-electron chi connectivity index (χ0n) is 11.9. The number of nitrogens with one attached hydrogen (secondary N) is 2. The summed E-state index contributed by atoms with van der Waals surface area (Å²) in [6.45, 7) is 4.04. The van der Waals surface area contributed by atoms with Crippen LogP contribution >= 0.6 is 0 Å². The molecule has 5 nitrogen and oxygen atoms in total. The van der Waals surface area contributed by atoms with Crippen molar-refractivity contribution in [2.24, 2.45) is 5.92 Å². The zero-order chi connectivity index (χ0) is 14.1. The van der Waals surface area contributed by atoms with E-state index in [0.29, 0.717) is 23.8 Å². The summed E-state index contributed by atoms with van der Waals surface area (Å²) in [4.78, 5) is 14.6. The first-order valence-electron chi connectivity index (χ1n) is 7.13. The van der Waals surface area contributed by atoms with Gasteiger partial charge in [-0.1, -0.05) is 12.1 Å². The van der Waals surface area contributed by atoms with Crippen LogP contribution in [0.4, 0.5) is 10.5 Å². The average molecular weight is 275 g/mol. The van der Waals surface area contributed by atoms with Gasteiger partial charge in [-0.3, -0.25) is 0 Å². The fourth-order valence-electron chi connectivity index (χ4n) is 3.44. The molecule has 0 saturated carbocycles. The maximum atomic E-state index is 12.6. The number of rotatable bonds is 2. The van der Waals surface area contributed by atoms with Crippen LogP contribution in [0.1, 0.15) is 13.3 Å². The molecular formula is C15H21N3O2. The lowest BCUT2D eigenvalue weighted by molar-refractivity contribution is 0.190. The Morgan fingerprint density at radius 2 is 2.20 bits per heavy atom. The number of para-hydroxylation sites is 2. The summed E-state index contributed by atoms with van der Waals surface area (Å²) in [7, 11) is 1.61. The van der Waals surface area contributed by atoms with Gasteiger partial charge in [0.25, 0.3) is 0 Å². The Balaban J connectivity index is 1.76. The Hall–Kier alpha value is -1.75. The summed E-state index contributed by atoms with van der Waals surface area (Å²) >= 11 is 0. The van der Waals surface area contributed by atoms with Gasteiger partial charge < -0.3 is 20.3 Å². The first kappa shape index (κ1) is 13.2. The van der Waals surface area contributed by atoms with Crippen molar-refractivity contribution < 1.29 is 9.53 Å². The molecule has 3 atom stereocenters. The van der Waals surface area contributed by atoms with Gasteiger partial charge in [0.15, 0.2) is 0 Å². The Kier molecular flexibility index (Phi) is 3.53. The van der Waals surface area contributed by atoms with E-state index in [1.807, 2.05) is 29.2 Å². The molecule has 1 aromatic carbocycles. The molecule has 0 aromatic heterocycles. The molecule has 3 rings (SSSR count). The number of carbonyl (C=O) groups is 1. The summed E-state index contributed by atoms with van der Waals surface area (Å²) in [6, 6.07) is 8.08. The minimum atomic E-state index is -0.0294. The van der Waals surface area contributed by atoms with E-state index in [-0.39, 0.29) is 6.03 Å². The highest BCUT2D eigenvalue weighted by molar-refractivity contribution is 5.91.